The molecule has 2 nitrogen and oxygen atoms in total. The average Bonchev–Trinajstić information content (AvgIpc) is 2.42. The summed E-state index contributed by atoms with van der Waals surface area (Å²) >= 11 is 7.03. The van der Waals surface area contributed by atoms with Crippen molar-refractivity contribution in [1.29, 1.82) is 0 Å². The van der Waals surface area contributed by atoms with Crippen molar-refractivity contribution in [2.24, 2.45) is 0 Å². The van der Waals surface area contributed by atoms with Crippen LogP contribution in [-0.2, 0) is 6.42 Å². The zero-order valence-electron chi connectivity index (χ0n) is 11.5. The molecular formula is C16H17Br2NO. The smallest absolute Gasteiger partial charge is 0.122 e. The van der Waals surface area contributed by atoms with E-state index in [4.69, 9.17) is 4.74 Å². The van der Waals surface area contributed by atoms with Gasteiger partial charge in [-0.05, 0) is 59.1 Å². The van der Waals surface area contributed by atoms with Crippen LogP contribution in [0.2, 0.25) is 0 Å². The molecule has 4 heteroatoms. The zero-order valence-corrected chi connectivity index (χ0v) is 14.7. The van der Waals surface area contributed by atoms with Crippen LogP contribution in [0.4, 0.5) is 5.69 Å². The minimum absolute atomic E-state index is 0.309. The van der Waals surface area contributed by atoms with Gasteiger partial charge in [-0.1, -0.05) is 34.1 Å². The average molecular weight is 399 g/mol. The minimum atomic E-state index is 0.309. The molecule has 1 atom stereocenters. The second-order valence-corrected chi connectivity index (χ2v) is 6.46. The summed E-state index contributed by atoms with van der Waals surface area (Å²) < 4.78 is 7.51. The van der Waals surface area contributed by atoms with Gasteiger partial charge in [-0.25, -0.2) is 0 Å². The Hall–Kier alpha value is -1.000. The molecule has 0 amide bonds. The number of anilines is 1. The van der Waals surface area contributed by atoms with Gasteiger partial charge in [0.2, 0.25) is 0 Å². The van der Waals surface area contributed by atoms with Crippen LogP contribution in [0.1, 0.15) is 12.5 Å². The van der Waals surface area contributed by atoms with Crippen LogP contribution in [-0.4, -0.2) is 13.2 Å². The van der Waals surface area contributed by atoms with Gasteiger partial charge in [-0.15, -0.1) is 0 Å². The summed E-state index contributed by atoms with van der Waals surface area (Å²) in [6.07, 6.45) is 0.909. The fourth-order valence-corrected chi connectivity index (χ4v) is 3.29. The third kappa shape index (κ3) is 4.00. The number of methoxy groups -OCH3 is 1. The Morgan fingerprint density at radius 2 is 1.90 bits per heavy atom. The maximum atomic E-state index is 5.39. The molecule has 0 heterocycles. The molecule has 0 fully saturated rings. The van der Waals surface area contributed by atoms with E-state index in [9.17, 15) is 0 Å². The Kier molecular flexibility index (Phi) is 5.49. The number of para-hydroxylation sites is 1. The van der Waals surface area contributed by atoms with Crippen molar-refractivity contribution in [2.75, 3.05) is 12.4 Å². The fraction of sp³-hybridized carbons (Fsp3) is 0.250. The lowest BCUT2D eigenvalue weighted by atomic mass is 10.1. The highest BCUT2D eigenvalue weighted by molar-refractivity contribution is 9.11. The van der Waals surface area contributed by atoms with Gasteiger partial charge >= 0.3 is 0 Å². The van der Waals surface area contributed by atoms with Gasteiger partial charge in [-0.3, -0.25) is 0 Å². The van der Waals surface area contributed by atoms with E-state index >= 15 is 0 Å². The van der Waals surface area contributed by atoms with Gasteiger partial charge in [-0.2, -0.15) is 0 Å². The zero-order chi connectivity index (χ0) is 14.5. The van der Waals surface area contributed by atoms with Crippen LogP contribution >= 0.6 is 31.9 Å². The van der Waals surface area contributed by atoms with E-state index in [0.29, 0.717) is 6.04 Å². The molecule has 2 aromatic rings. The first-order valence-corrected chi connectivity index (χ1v) is 8.02. The maximum absolute atomic E-state index is 5.39. The van der Waals surface area contributed by atoms with E-state index in [2.05, 4.69) is 56.2 Å². The highest BCUT2D eigenvalue weighted by Crippen LogP contribution is 2.27. The maximum Gasteiger partial charge on any atom is 0.122 e. The lowest BCUT2D eigenvalue weighted by Gasteiger charge is -2.18. The summed E-state index contributed by atoms with van der Waals surface area (Å²) in [4.78, 5) is 0. The summed E-state index contributed by atoms with van der Waals surface area (Å²) in [5.41, 5.74) is 2.30. The Morgan fingerprint density at radius 1 is 1.15 bits per heavy atom. The predicted molar refractivity (Wildman–Crippen MR) is 91.6 cm³/mol. The van der Waals surface area contributed by atoms with Crippen molar-refractivity contribution in [2.45, 2.75) is 19.4 Å². The molecule has 20 heavy (non-hydrogen) atoms. The second-order valence-electron chi connectivity index (χ2n) is 4.69. The monoisotopic (exact) mass is 397 g/mol. The largest absolute Gasteiger partial charge is 0.496 e. The summed E-state index contributed by atoms with van der Waals surface area (Å²) in [5, 5.41) is 3.51. The van der Waals surface area contributed by atoms with E-state index in [1.165, 1.54) is 5.56 Å². The van der Waals surface area contributed by atoms with E-state index < -0.39 is 0 Å². The predicted octanol–water partition coefficient (Wildman–Crippen LogP) is 5.26. The molecule has 1 N–H and O–H groups in total. The fourth-order valence-electron chi connectivity index (χ4n) is 2.12. The molecule has 0 saturated heterocycles. The van der Waals surface area contributed by atoms with Crippen molar-refractivity contribution in [3.05, 3.63) is 57.0 Å². The molecule has 0 bridgehead atoms. The Morgan fingerprint density at radius 3 is 2.60 bits per heavy atom. The molecule has 1 unspecified atom stereocenters. The van der Waals surface area contributed by atoms with Crippen molar-refractivity contribution in [3.8, 4) is 5.75 Å². The van der Waals surface area contributed by atoms with E-state index in [1.54, 1.807) is 7.11 Å². The first-order valence-electron chi connectivity index (χ1n) is 6.43. The van der Waals surface area contributed by atoms with Gasteiger partial charge in [0.05, 0.1) is 7.11 Å². The number of hydrogen-bond donors (Lipinski definition) is 1. The molecule has 0 aliphatic rings. The highest BCUT2D eigenvalue weighted by Gasteiger charge is 2.09. The van der Waals surface area contributed by atoms with Gasteiger partial charge in [0.25, 0.3) is 0 Å². The molecule has 0 saturated carbocycles. The number of ether oxygens (including phenoxy) is 1. The molecule has 0 radical (unpaired) electrons. The molecule has 0 spiro atoms. The Bertz CT molecular complexity index is 586. The highest BCUT2D eigenvalue weighted by atomic mass is 79.9. The van der Waals surface area contributed by atoms with Crippen molar-refractivity contribution in [3.63, 3.8) is 0 Å². The van der Waals surface area contributed by atoms with Crippen LogP contribution < -0.4 is 10.1 Å². The summed E-state index contributed by atoms with van der Waals surface area (Å²) in [6.45, 7) is 2.17. The van der Waals surface area contributed by atoms with Gasteiger partial charge < -0.3 is 10.1 Å². The molecule has 0 aliphatic carbocycles. The van der Waals surface area contributed by atoms with Crippen molar-refractivity contribution >= 4 is 37.5 Å². The van der Waals surface area contributed by atoms with Crippen LogP contribution in [0.15, 0.2) is 51.4 Å². The summed E-state index contributed by atoms with van der Waals surface area (Å²) in [6, 6.07) is 14.6. The Labute approximate surface area is 136 Å². The number of halogens is 2. The first kappa shape index (κ1) is 15.4. The minimum Gasteiger partial charge on any atom is -0.496 e. The van der Waals surface area contributed by atoms with Gasteiger partial charge in [0.15, 0.2) is 0 Å². The van der Waals surface area contributed by atoms with Gasteiger partial charge in [0.1, 0.15) is 5.75 Å². The molecule has 0 aromatic heterocycles. The number of nitrogens with one attached hydrogen (secondary N) is 1. The molecule has 2 rings (SSSR count). The molecule has 106 valence electrons. The first-order chi connectivity index (χ1) is 9.60. The van der Waals surface area contributed by atoms with Gasteiger partial charge in [0, 0.05) is 20.7 Å². The van der Waals surface area contributed by atoms with E-state index in [0.717, 1.165) is 26.8 Å². The normalized spacial score (nSPS) is 12.0. The third-order valence-corrected chi connectivity index (χ3v) is 4.20. The molecule has 2 aromatic carbocycles. The molecule has 0 aliphatic heterocycles. The summed E-state index contributed by atoms with van der Waals surface area (Å²) in [7, 11) is 1.71. The standard InChI is InChI=1S/C16H17Br2NO/c1-11(9-12-5-3-4-6-16(12)20-2)19-15-8-7-13(17)10-14(15)18/h3-8,10-11,19H,9H2,1-2H3. The van der Waals surface area contributed by atoms with E-state index in [-0.39, 0.29) is 0 Å². The van der Waals surface area contributed by atoms with Crippen molar-refractivity contribution < 1.29 is 4.74 Å². The second kappa shape index (κ2) is 7.14. The third-order valence-electron chi connectivity index (χ3n) is 3.05. The lowest BCUT2D eigenvalue weighted by molar-refractivity contribution is 0.409. The number of benzene rings is 2. The number of hydrogen-bond acceptors (Lipinski definition) is 2. The van der Waals surface area contributed by atoms with Crippen LogP contribution in [0.5, 0.6) is 5.75 Å². The quantitative estimate of drug-likeness (QED) is 0.741. The van der Waals surface area contributed by atoms with Crippen LogP contribution in [0.3, 0.4) is 0 Å². The van der Waals surface area contributed by atoms with E-state index in [1.807, 2.05) is 30.3 Å². The van der Waals surface area contributed by atoms with Crippen LogP contribution in [0.25, 0.3) is 0 Å². The summed E-state index contributed by atoms with van der Waals surface area (Å²) in [5.74, 6) is 0.941. The lowest BCUT2D eigenvalue weighted by Crippen LogP contribution is -2.18. The molecular weight excluding hydrogens is 382 g/mol. The SMILES string of the molecule is COc1ccccc1CC(C)Nc1ccc(Br)cc1Br. The van der Waals surface area contributed by atoms with Crippen molar-refractivity contribution in [1.82, 2.24) is 0 Å². The van der Waals surface area contributed by atoms with Crippen LogP contribution in [0, 0.1) is 0 Å². The number of rotatable bonds is 5. The topological polar surface area (TPSA) is 21.3 Å². The Balaban J connectivity index is 2.07.